The maximum absolute atomic E-state index is 13.8. The summed E-state index contributed by atoms with van der Waals surface area (Å²) < 4.78 is 19.3. The van der Waals surface area contributed by atoms with Gasteiger partial charge in [-0.1, -0.05) is 91.0 Å². The van der Waals surface area contributed by atoms with Crippen molar-refractivity contribution in [1.82, 2.24) is 10.2 Å². The summed E-state index contributed by atoms with van der Waals surface area (Å²) in [6, 6.07) is 27.0. The molecule has 1 saturated heterocycles. The van der Waals surface area contributed by atoms with Gasteiger partial charge >= 0.3 is 5.97 Å². The Kier molecular flexibility index (Phi) is 8.28. The van der Waals surface area contributed by atoms with Gasteiger partial charge in [0, 0.05) is 5.75 Å². The maximum atomic E-state index is 13.8. The Bertz CT molecular complexity index is 1370. The summed E-state index contributed by atoms with van der Waals surface area (Å²) in [4.78, 5) is 41.1. The van der Waals surface area contributed by atoms with Crippen molar-refractivity contribution in [1.29, 1.82) is 0 Å². The average Bonchev–Trinajstić information content (AvgIpc) is 2.96. The number of carbonyl (C=O) groups excluding carboxylic acids is 3. The fourth-order valence-corrected chi connectivity index (χ4v) is 7.28. The van der Waals surface area contributed by atoms with E-state index < -0.39 is 40.2 Å². The molecule has 0 bridgehead atoms. The van der Waals surface area contributed by atoms with Crippen LogP contribution in [0.2, 0.25) is 0 Å². The number of β-lactam (4-membered cyclic amide) rings is 1. The van der Waals surface area contributed by atoms with E-state index in [4.69, 9.17) is 4.74 Å². The average molecular weight is 561 g/mol. The minimum Gasteiger partial charge on any atom is -0.448 e. The Morgan fingerprint density at radius 1 is 0.974 bits per heavy atom. The lowest BCUT2D eigenvalue weighted by Gasteiger charge is -2.49. The van der Waals surface area contributed by atoms with Crippen molar-refractivity contribution in [3.8, 4) is 0 Å². The van der Waals surface area contributed by atoms with Crippen molar-refractivity contribution in [2.24, 2.45) is 0 Å². The quantitative estimate of drug-likeness (QED) is 0.318. The van der Waals surface area contributed by atoms with Crippen molar-refractivity contribution in [3.63, 3.8) is 0 Å². The van der Waals surface area contributed by atoms with Crippen LogP contribution >= 0.6 is 11.8 Å². The van der Waals surface area contributed by atoms with Crippen LogP contribution in [0.4, 0.5) is 0 Å². The second-order valence-corrected chi connectivity index (χ2v) is 11.7. The second kappa shape index (κ2) is 12.0. The highest BCUT2D eigenvalue weighted by atomic mass is 32.2. The molecule has 200 valence electrons. The number of fused-ring (bicyclic) bond motifs is 1. The summed E-state index contributed by atoms with van der Waals surface area (Å²) in [6.45, 7) is 0. The van der Waals surface area contributed by atoms with Crippen molar-refractivity contribution >= 4 is 40.3 Å². The number of carbonyl (C=O) groups is 3. The largest absolute Gasteiger partial charge is 0.448 e. The lowest BCUT2D eigenvalue weighted by molar-refractivity contribution is -0.154. The topological polar surface area (TPSA) is 92.8 Å². The Balaban J connectivity index is 1.40. The first-order valence-electron chi connectivity index (χ1n) is 12.5. The molecule has 2 aliphatic heterocycles. The van der Waals surface area contributed by atoms with Crippen LogP contribution in [0.5, 0.6) is 0 Å². The standard InChI is InChI=1S/C30H28N2O5S2/c1-38-18-23-19-39(36)29-25(31-24(33)17-20-11-5-2-6-12-20)28(34)32(29)26(23)30(35)37-27(21-13-7-3-8-14-21)22-15-9-4-10-16-22/h2-16,25,27,29H,17-19H2,1H3,(H,31,33)/t25?,29-,39?/m0/s1. The first kappa shape index (κ1) is 26.9. The molecule has 39 heavy (non-hydrogen) atoms. The first-order chi connectivity index (χ1) is 19.0. The third-order valence-corrected chi connectivity index (χ3v) is 8.96. The minimum atomic E-state index is -1.48. The molecular formula is C30H28N2O5S2. The number of ether oxygens (including phenoxy) is 1. The van der Waals surface area contributed by atoms with Crippen molar-refractivity contribution < 1.29 is 23.3 Å². The zero-order valence-corrected chi connectivity index (χ0v) is 23.0. The Morgan fingerprint density at radius 3 is 2.10 bits per heavy atom. The van der Waals surface area contributed by atoms with Gasteiger partial charge in [-0.25, -0.2) is 4.79 Å². The molecule has 5 rings (SSSR count). The van der Waals surface area contributed by atoms with E-state index in [1.54, 1.807) is 0 Å². The molecule has 9 heteroatoms. The van der Waals surface area contributed by atoms with Crippen LogP contribution in [0.25, 0.3) is 0 Å². The lowest BCUT2D eigenvalue weighted by atomic mass is 10.0. The fourth-order valence-electron chi connectivity index (χ4n) is 4.88. The zero-order chi connectivity index (χ0) is 27.4. The molecule has 2 unspecified atom stereocenters. The zero-order valence-electron chi connectivity index (χ0n) is 21.3. The Labute approximate surface area is 234 Å². The van der Waals surface area contributed by atoms with E-state index in [-0.39, 0.29) is 23.8 Å². The third kappa shape index (κ3) is 5.69. The normalized spacial score (nSPS) is 20.3. The molecule has 1 N–H and O–H groups in total. The molecule has 7 nitrogen and oxygen atoms in total. The predicted octanol–water partition coefficient (Wildman–Crippen LogP) is 3.59. The van der Waals surface area contributed by atoms with Gasteiger partial charge in [0.05, 0.1) is 23.0 Å². The smallest absolute Gasteiger partial charge is 0.356 e. The summed E-state index contributed by atoms with van der Waals surface area (Å²) in [5.74, 6) is -0.894. The molecule has 0 aromatic heterocycles. The number of thioether (sulfide) groups is 1. The van der Waals surface area contributed by atoms with E-state index in [1.807, 2.05) is 97.3 Å². The lowest BCUT2D eigenvalue weighted by Crippen LogP contribution is -2.73. The van der Waals surface area contributed by atoms with Gasteiger partial charge in [0.1, 0.15) is 17.1 Å². The van der Waals surface area contributed by atoms with Gasteiger partial charge < -0.3 is 10.1 Å². The van der Waals surface area contributed by atoms with Crippen LogP contribution in [-0.4, -0.2) is 56.1 Å². The number of amides is 2. The third-order valence-electron chi connectivity index (χ3n) is 6.67. The van der Waals surface area contributed by atoms with E-state index in [9.17, 15) is 18.6 Å². The molecule has 1 fully saturated rings. The molecule has 0 radical (unpaired) electrons. The first-order valence-corrected chi connectivity index (χ1v) is 15.3. The molecule has 3 aromatic carbocycles. The number of nitrogens with zero attached hydrogens (tertiary/aromatic N) is 1. The number of hydrogen-bond donors (Lipinski definition) is 1. The van der Waals surface area contributed by atoms with E-state index in [2.05, 4.69) is 5.32 Å². The highest BCUT2D eigenvalue weighted by molar-refractivity contribution is 7.98. The van der Waals surface area contributed by atoms with Crippen molar-refractivity contribution in [2.75, 3.05) is 17.8 Å². The van der Waals surface area contributed by atoms with E-state index in [0.717, 1.165) is 16.7 Å². The molecule has 3 atom stereocenters. The second-order valence-electron chi connectivity index (χ2n) is 9.32. The molecule has 2 amide bonds. The van der Waals surface area contributed by atoms with Crippen molar-refractivity contribution in [3.05, 3.63) is 119 Å². The van der Waals surface area contributed by atoms with Gasteiger partial charge in [-0.05, 0) is 28.5 Å². The summed E-state index contributed by atoms with van der Waals surface area (Å²) in [5, 5.41) is 1.92. The molecule has 0 spiro atoms. The number of benzene rings is 3. The molecular weight excluding hydrogens is 532 g/mol. The molecule has 3 aromatic rings. The number of hydrogen-bond acceptors (Lipinski definition) is 6. The minimum absolute atomic E-state index is 0.0995. The van der Waals surface area contributed by atoms with Crippen LogP contribution in [0.15, 0.2) is 102 Å². The van der Waals surface area contributed by atoms with Gasteiger partial charge in [-0.3, -0.25) is 18.7 Å². The van der Waals surface area contributed by atoms with Crippen molar-refractivity contribution in [2.45, 2.75) is 23.9 Å². The monoisotopic (exact) mass is 560 g/mol. The van der Waals surface area contributed by atoms with Gasteiger partial charge in [0.2, 0.25) is 5.91 Å². The van der Waals surface area contributed by atoms with Gasteiger partial charge in [-0.15, -0.1) is 0 Å². The Hall–Kier alpha value is -3.69. The van der Waals surface area contributed by atoms with Crippen LogP contribution in [-0.2, 0) is 36.3 Å². The number of esters is 1. The molecule has 0 saturated carbocycles. The molecule has 2 aliphatic rings. The molecule has 0 aliphatic carbocycles. The van der Waals surface area contributed by atoms with Crippen LogP contribution in [0, 0.1) is 0 Å². The highest BCUT2D eigenvalue weighted by Gasteiger charge is 2.57. The predicted molar refractivity (Wildman–Crippen MR) is 152 cm³/mol. The number of nitrogens with one attached hydrogen (secondary N) is 1. The summed E-state index contributed by atoms with van der Waals surface area (Å²) >= 11 is 1.48. The molecule has 2 heterocycles. The van der Waals surface area contributed by atoms with Gasteiger partial charge in [0.25, 0.3) is 5.91 Å². The van der Waals surface area contributed by atoms with Crippen LogP contribution < -0.4 is 5.32 Å². The SMILES string of the molecule is CSCC1=C(C(=O)OC(c2ccccc2)c2ccccc2)N2C(=O)C(NC(=O)Cc3ccccc3)[C@@H]2S(=O)C1. The summed E-state index contributed by atoms with van der Waals surface area (Å²) in [7, 11) is -1.48. The maximum Gasteiger partial charge on any atom is 0.356 e. The van der Waals surface area contributed by atoms with E-state index >= 15 is 0 Å². The Morgan fingerprint density at radius 2 is 1.54 bits per heavy atom. The fraction of sp³-hybridized carbons (Fsp3) is 0.233. The highest BCUT2D eigenvalue weighted by Crippen LogP contribution is 2.37. The van der Waals surface area contributed by atoms with E-state index in [0.29, 0.717) is 11.3 Å². The van der Waals surface area contributed by atoms with E-state index in [1.165, 1.54) is 16.7 Å². The van der Waals surface area contributed by atoms with Crippen LogP contribution in [0.3, 0.4) is 0 Å². The summed E-state index contributed by atoms with van der Waals surface area (Å²) in [5.41, 5.74) is 3.12. The van der Waals surface area contributed by atoms with Gasteiger partial charge in [-0.2, -0.15) is 11.8 Å². The number of rotatable bonds is 9. The van der Waals surface area contributed by atoms with Gasteiger partial charge in [0.15, 0.2) is 6.10 Å². The summed E-state index contributed by atoms with van der Waals surface area (Å²) in [6.07, 6.45) is 1.29. The van der Waals surface area contributed by atoms with Crippen LogP contribution in [0.1, 0.15) is 22.8 Å².